The van der Waals surface area contributed by atoms with Crippen LogP contribution in [0.15, 0.2) is 0 Å². The molecule has 2 saturated heterocycles. The molecular formula is C15H22N2O4. The largest absolute Gasteiger partial charge is 0.378 e. The van der Waals surface area contributed by atoms with E-state index in [4.69, 9.17) is 4.74 Å². The molecule has 0 spiro atoms. The molecule has 4 amide bonds. The lowest BCUT2D eigenvalue weighted by molar-refractivity contribution is -0.148. The summed E-state index contributed by atoms with van der Waals surface area (Å²) in [7, 11) is 0. The minimum absolute atomic E-state index is 0.0342. The molecule has 3 unspecified atom stereocenters. The van der Waals surface area contributed by atoms with Crippen molar-refractivity contribution in [3.8, 4) is 0 Å². The number of hydrogen-bond acceptors (Lipinski definition) is 4. The molecule has 6 heteroatoms. The molecule has 1 saturated carbocycles. The van der Waals surface area contributed by atoms with Gasteiger partial charge in [-0.3, -0.25) is 19.8 Å². The van der Waals surface area contributed by atoms with Gasteiger partial charge in [-0.2, -0.15) is 0 Å². The van der Waals surface area contributed by atoms with E-state index in [1.807, 2.05) is 6.92 Å². The van der Waals surface area contributed by atoms with E-state index >= 15 is 0 Å². The van der Waals surface area contributed by atoms with Crippen LogP contribution in [0.25, 0.3) is 0 Å². The molecule has 1 aliphatic carbocycles. The fourth-order valence-electron chi connectivity index (χ4n) is 3.87. The first-order chi connectivity index (χ1) is 10.1. The van der Waals surface area contributed by atoms with Crippen LogP contribution in [0.2, 0.25) is 0 Å². The van der Waals surface area contributed by atoms with Gasteiger partial charge in [0, 0.05) is 12.6 Å². The highest BCUT2D eigenvalue weighted by Gasteiger charge is 2.47. The minimum atomic E-state index is -0.677. The third-order valence-corrected chi connectivity index (χ3v) is 4.93. The van der Waals surface area contributed by atoms with E-state index in [0.717, 1.165) is 25.7 Å². The molecule has 1 N–H and O–H groups in total. The van der Waals surface area contributed by atoms with Crippen LogP contribution in [-0.2, 0) is 14.3 Å². The van der Waals surface area contributed by atoms with Crippen LogP contribution in [0.5, 0.6) is 0 Å². The summed E-state index contributed by atoms with van der Waals surface area (Å²) in [6, 6.07) is -0.711. The van der Waals surface area contributed by atoms with Crippen LogP contribution in [0, 0.1) is 11.8 Å². The standard InChI is InChI=1S/C15H22N2O4/c1-9-8-11(6-7-21-9)17-14(19)12(10-4-2-3-5-10)13(18)16-15(17)20/h9-12H,2-8H2,1H3,(H,16,18,20). The molecule has 3 atom stereocenters. The number of ether oxygens (including phenoxy) is 1. The molecule has 21 heavy (non-hydrogen) atoms. The fraction of sp³-hybridized carbons (Fsp3) is 0.800. The second-order valence-electron chi connectivity index (χ2n) is 6.38. The molecule has 3 rings (SSSR count). The van der Waals surface area contributed by atoms with Crippen LogP contribution in [0.4, 0.5) is 4.79 Å². The highest BCUT2D eigenvalue weighted by Crippen LogP contribution is 2.35. The maximum Gasteiger partial charge on any atom is 0.331 e. The average molecular weight is 294 g/mol. The smallest absolute Gasteiger partial charge is 0.331 e. The lowest BCUT2D eigenvalue weighted by Crippen LogP contribution is -2.63. The number of amides is 4. The summed E-state index contributed by atoms with van der Waals surface area (Å²) in [5, 5.41) is 2.39. The van der Waals surface area contributed by atoms with Gasteiger partial charge in [0.1, 0.15) is 5.92 Å². The van der Waals surface area contributed by atoms with Crippen molar-refractivity contribution in [3.63, 3.8) is 0 Å². The van der Waals surface area contributed by atoms with E-state index in [-0.39, 0.29) is 24.0 Å². The van der Waals surface area contributed by atoms with Gasteiger partial charge in [0.25, 0.3) is 0 Å². The molecule has 0 aromatic carbocycles. The van der Waals surface area contributed by atoms with E-state index in [9.17, 15) is 14.4 Å². The first-order valence-corrected chi connectivity index (χ1v) is 7.87. The van der Waals surface area contributed by atoms with Crippen molar-refractivity contribution in [2.75, 3.05) is 6.61 Å². The number of nitrogens with one attached hydrogen (secondary N) is 1. The van der Waals surface area contributed by atoms with E-state index in [2.05, 4.69) is 5.32 Å². The molecule has 0 radical (unpaired) electrons. The van der Waals surface area contributed by atoms with E-state index < -0.39 is 17.9 Å². The van der Waals surface area contributed by atoms with Gasteiger partial charge in [-0.05, 0) is 38.5 Å². The number of hydrogen-bond donors (Lipinski definition) is 1. The summed E-state index contributed by atoms with van der Waals surface area (Å²) in [4.78, 5) is 38.2. The van der Waals surface area contributed by atoms with E-state index in [1.165, 1.54) is 4.90 Å². The van der Waals surface area contributed by atoms with E-state index in [1.54, 1.807) is 0 Å². The number of barbiturate groups is 1. The first-order valence-electron chi connectivity index (χ1n) is 7.87. The summed E-state index contributed by atoms with van der Waals surface area (Å²) in [5.41, 5.74) is 0. The second kappa shape index (κ2) is 5.75. The summed E-state index contributed by atoms with van der Waals surface area (Å²) in [6.45, 7) is 2.49. The van der Waals surface area contributed by atoms with E-state index in [0.29, 0.717) is 19.4 Å². The van der Waals surface area contributed by atoms with Crippen molar-refractivity contribution in [1.29, 1.82) is 0 Å². The van der Waals surface area contributed by atoms with Gasteiger partial charge in [-0.15, -0.1) is 0 Å². The Morgan fingerprint density at radius 1 is 1.14 bits per heavy atom. The Bertz CT molecular complexity index is 459. The minimum Gasteiger partial charge on any atom is -0.378 e. The molecule has 3 fully saturated rings. The quantitative estimate of drug-likeness (QED) is 0.782. The second-order valence-corrected chi connectivity index (χ2v) is 6.38. The summed E-state index contributed by atoms with van der Waals surface area (Å²) in [6.07, 6.45) is 5.24. The van der Waals surface area contributed by atoms with Crippen LogP contribution in [0.3, 0.4) is 0 Å². The maximum absolute atomic E-state index is 12.7. The Balaban J connectivity index is 1.80. The Hall–Kier alpha value is -1.43. The monoisotopic (exact) mass is 294 g/mol. The predicted octanol–water partition coefficient (Wildman–Crippen LogP) is 1.44. The molecule has 6 nitrogen and oxygen atoms in total. The lowest BCUT2D eigenvalue weighted by atomic mass is 9.86. The SMILES string of the molecule is CC1CC(N2C(=O)NC(=O)C(C3CCCC3)C2=O)CCO1. The molecule has 2 aliphatic heterocycles. The molecule has 0 bridgehead atoms. The number of rotatable bonds is 2. The number of urea groups is 1. The van der Waals surface area contributed by atoms with Crippen molar-refractivity contribution < 1.29 is 19.1 Å². The Morgan fingerprint density at radius 3 is 2.52 bits per heavy atom. The van der Waals surface area contributed by atoms with Crippen LogP contribution >= 0.6 is 0 Å². The van der Waals surface area contributed by atoms with Gasteiger partial charge in [0.2, 0.25) is 11.8 Å². The van der Waals surface area contributed by atoms with Crippen molar-refractivity contribution in [2.24, 2.45) is 11.8 Å². The van der Waals surface area contributed by atoms with Crippen LogP contribution in [-0.4, -0.2) is 41.5 Å². The fourth-order valence-corrected chi connectivity index (χ4v) is 3.87. The average Bonchev–Trinajstić information content (AvgIpc) is 2.92. The topological polar surface area (TPSA) is 75.7 Å². The molecule has 2 heterocycles. The Morgan fingerprint density at radius 2 is 1.86 bits per heavy atom. The summed E-state index contributed by atoms with van der Waals surface area (Å²) >= 11 is 0. The zero-order chi connectivity index (χ0) is 15.0. The Kier molecular flexibility index (Phi) is 3.97. The van der Waals surface area contributed by atoms with Crippen molar-refractivity contribution >= 4 is 17.8 Å². The van der Waals surface area contributed by atoms with Crippen LogP contribution < -0.4 is 5.32 Å². The van der Waals surface area contributed by atoms with Gasteiger partial charge in [-0.25, -0.2) is 4.79 Å². The number of nitrogens with zero attached hydrogens (tertiary/aromatic N) is 1. The molecular weight excluding hydrogens is 272 g/mol. The number of imide groups is 2. The molecule has 0 aromatic rings. The maximum atomic E-state index is 12.7. The first kappa shape index (κ1) is 14.5. The van der Waals surface area contributed by atoms with Gasteiger partial charge in [0.05, 0.1) is 6.10 Å². The Labute approximate surface area is 124 Å². The van der Waals surface area contributed by atoms with Crippen molar-refractivity contribution in [3.05, 3.63) is 0 Å². The normalized spacial score (nSPS) is 35.2. The third-order valence-electron chi connectivity index (χ3n) is 4.93. The van der Waals surface area contributed by atoms with Crippen molar-refractivity contribution in [1.82, 2.24) is 10.2 Å². The summed E-state index contributed by atoms with van der Waals surface area (Å²) in [5.74, 6) is -1.29. The lowest BCUT2D eigenvalue weighted by Gasteiger charge is -2.40. The van der Waals surface area contributed by atoms with Crippen LogP contribution in [0.1, 0.15) is 45.4 Å². The van der Waals surface area contributed by atoms with Gasteiger partial charge >= 0.3 is 6.03 Å². The highest BCUT2D eigenvalue weighted by molar-refractivity contribution is 6.16. The van der Waals surface area contributed by atoms with Crippen molar-refractivity contribution in [2.45, 2.75) is 57.6 Å². The molecule has 0 aromatic heterocycles. The summed E-state index contributed by atoms with van der Waals surface area (Å²) < 4.78 is 5.48. The van der Waals surface area contributed by atoms with Gasteiger partial charge < -0.3 is 4.74 Å². The third kappa shape index (κ3) is 2.69. The molecule has 3 aliphatic rings. The predicted molar refractivity (Wildman–Crippen MR) is 74.3 cm³/mol. The van der Waals surface area contributed by atoms with Gasteiger partial charge in [0.15, 0.2) is 0 Å². The zero-order valence-electron chi connectivity index (χ0n) is 12.3. The highest BCUT2D eigenvalue weighted by atomic mass is 16.5. The van der Waals surface area contributed by atoms with Gasteiger partial charge in [-0.1, -0.05) is 12.8 Å². The zero-order valence-corrected chi connectivity index (χ0v) is 12.3. The molecule has 116 valence electrons. The number of carbonyl (C=O) groups is 3. The number of carbonyl (C=O) groups excluding carboxylic acids is 3.